The molecule has 0 unspecified atom stereocenters. The minimum Gasteiger partial charge on any atom is -0.322 e. The summed E-state index contributed by atoms with van der Waals surface area (Å²) in [5, 5.41) is 0.604. The number of hydrogen-bond donors (Lipinski definition) is 3. The van der Waals surface area contributed by atoms with E-state index in [9.17, 15) is 14.4 Å². The number of pyridine rings is 1. The summed E-state index contributed by atoms with van der Waals surface area (Å²) in [4.78, 5) is 38.5. The summed E-state index contributed by atoms with van der Waals surface area (Å²) in [7, 11) is 0. The van der Waals surface area contributed by atoms with Gasteiger partial charge in [-0.1, -0.05) is 48.5 Å². The lowest BCUT2D eigenvalue weighted by Gasteiger charge is -2.09. The van der Waals surface area contributed by atoms with Crippen LogP contribution in [0.3, 0.4) is 0 Å². The molecule has 120 valence electrons. The van der Waals surface area contributed by atoms with Crippen LogP contribution in [0.15, 0.2) is 65.5 Å². The summed E-state index contributed by atoms with van der Waals surface area (Å²) >= 11 is 0. The highest BCUT2D eigenvalue weighted by atomic mass is 16.2. The SMILES string of the molecule is O=C(Cc1ccccc1)NNC(=O)c1cc(=O)[nH]c2ccccc12. The average molecular weight is 321 g/mol. The number of hydrazine groups is 1. The van der Waals surface area contributed by atoms with Gasteiger partial charge >= 0.3 is 0 Å². The van der Waals surface area contributed by atoms with Crippen molar-refractivity contribution in [3.8, 4) is 0 Å². The molecule has 3 rings (SSSR count). The first kappa shape index (κ1) is 15.5. The molecule has 1 aromatic heterocycles. The molecule has 0 bridgehead atoms. The van der Waals surface area contributed by atoms with Crippen molar-refractivity contribution in [3.63, 3.8) is 0 Å². The van der Waals surface area contributed by atoms with Gasteiger partial charge < -0.3 is 4.98 Å². The number of aromatic nitrogens is 1. The third kappa shape index (κ3) is 3.49. The van der Waals surface area contributed by atoms with Gasteiger partial charge in [-0.3, -0.25) is 25.2 Å². The van der Waals surface area contributed by atoms with Crippen molar-refractivity contribution in [1.29, 1.82) is 0 Å². The molecule has 0 spiro atoms. The van der Waals surface area contributed by atoms with Crippen LogP contribution < -0.4 is 16.4 Å². The predicted molar refractivity (Wildman–Crippen MR) is 90.3 cm³/mol. The van der Waals surface area contributed by atoms with Crippen LogP contribution in [0.25, 0.3) is 10.9 Å². The summed E-state index contributed by atoms with van der Waals surface area (Å²) in [5.74, 6) is -0.887. The lowest BCUT2D eigenvalue weighted by molar-refractivity contribution is -0.121. The smallest absolute Gasteiger partial charge is 0.270 e. The van der Waals surface area contributed by atoms with Crippen LogP contribution in [-0.4, -0.2) is 16.8 Å². The highest BCUT2D eigenvalue weighted by Gasteiger charge is 2.12. The molecule has 0 aliphatic heterocycles. The molecule has 2 amide bonds. The predicted octanol–water partition coefficient (Wildman–Crippen LogP) is 1.53. The summed E-state index contributed by atoms with van der Waals surface area (Å²) in [6.45, 7) is 0. The highest BCUT2D eigenvalue weighted by molar-refractivity contribution is 6.06. The first-order chi connectivity index (χ1) is 11.6. The molecule has 3 aromatic rings. The molecule has 6 nitrogen and oxygen atoms in total. The Hall–Kier alpha value is -3.41. The number of carbonyl (C=O) groups excluding carboxylic acids is 2. The van der Waals surface area contributed by atoms with E-state index in [-0.39, 0.29) is 23.5 Å². The van der Waals surface area contributed by atoms with Crippen molar-refractivity contribution in [2.75, 3.05) is 0 Å². The number of para-hydroxylation sites is 1. The maximum absolute atomic E-state index is 12.3. The zero-order valence-electron chi connectivity index (χ0n) is 12.7. The van der Waals surface area contributed by atoms with Gasteiger partial charge in [-0.15, -0.1) is 0 Å². The number of hydrogen-bond acceptors (Lipinski definition) is 3. The number of fused-ring (bicyclic) bond motifs is 1. The number of carbonyl (C=O) groups is 2. The van der Waals surface area contributed by atoms with E-state index < -0.39 is 5.91 Å². The molecule has 2 aromatic carbocycles. The van der Waals surface area contributed by atoms with Gasteiger partial charge in [0.15, 0.2) is 0 Å². The van der Waals surface area contributed by atoms with Crippen LogP contribution in [0.5, 0.6) is 0 Å². The topological polar surface area (TPSA) is 91.1 Å². The highest BCUT2D eigenvalue weighted by Crippen LogP contribution is 2.14. The number of nitrogens with one attached hydrogen (secondary N) is 3. The molecule has 0 aliphatic carbocycles. The maximum Gasteiger partial charge on any atom is 0.270 e. The van der Waals surface area contributed by atoms with Crippen LogP contribution in [0.2, 0.25) is 0 Å². The molecule has 0 aliphatic rings. The van der Waals surface area contributed by atoms with E-state index in [4.69, 9.17) is 0 Å². The number of amides is 2. The summed E-state index contributed by atoms with van der Waals surface area (Å²) in [5.41, 5.74) is 5.93. The van der Waals surface area contributed by atoms with Gasteiger partial charge in [-0.2, -0.15) is 0 Å². The van der Waals surface area contributed by atoms with Gasteiger partial charge in [0, 0.05) is 17.0 Å². The van der Waals surface area contributed by atoms with Gasteiger partial charge in [-0.25, -0.2) is 0 Å². The lowest BCUT2D eigenvalue weighted by Crippen LogP contribution is -2.42. The third-order valence-electron chi connectivity index (χ3n) is 3.52. The largest absolute Gasteiger partial charge is 0.322 e. The first-order valence-electron chi connectivity index (χ1n) is 7.38. The number of rotatable bonds is 3. The number of H-pyrrole nitrogens is 1. The molecule has 1 heterocycles. The Balaban J connectivity index is 1.72. The van der Waals surface area contributed by atoms with Gasteiger partial charge in [0.1, 0.15) is 0 Å². The Kier molecular flexibility index (Phi) is 4.38. The van der Waals surface area contributed by atoms with Gasteiger partial charge in [0.25, 0.3) is 5.91 Å². The van der Waals surface area contributed by atoms with E-state index in [2.05, 4.69) is 15.8 Å². The normalized spacial score (nSPS) is 10.3. The minimum atomic E-state index is -0.543. The van der Waals surface area contributed by atoms with Crippen LogP contribution in [-0.2, 0) is 11.2 Å². The van der Waals surface area contributed by atoms with Crippen molar-refractivity contribution in [3.05, 3.63) is 82.1 Å². The molecular weight excluding hydrogens is 306 g/mol. The van der Waals surface area contributed by atoms with E-state index >= 15 is 0 Å². The van der Waals surface area contributed by atoms with E-state index in [0.29, 0.717) is 10.9 Å². The van der Waals surface area contributed by atoms with Crippen molar-refractivity contribution in [1.82, 2.24) is 15.8 Å². The molecular formula is C18H15N3O3. The van der Waals surface area contributed by atoms with E-state index in [1.807, 2.05) is 30.3 Å². The Bertz CT molecular complexity index is 948. The van der Waals surface area contributed by atoms with Gasteiger partial charge in [0.2, 0.25) is 11.5 Å². The number of benzene rings is 2. The molecule has 0 saturated carbocycles. The zero-order valence-corrected chi connectivity index (χ0v) is 12.7. The van der Waals surface area contributed by atoms with Gasteiger partial charge in [-0.05, 0) is 11.6 Å². The molecule has 0 fully saturated rings. The monoisotopic (exact) mass is 321 g/mol. The van der Waals surface area contributed by atoms with Crippen molar-refractivity contribution < 1.29 is 9.59 Å². The van der Waals surface area contributed by atoms with Crippen LogP contribution in [0, 0.1) is 0 Å². The second-order valence-corrected chi connectivity index (χ2v) is 5.26. The molecule has 3 N–H and O–H groups in total. The molecule has 0 radical (unpaired) electrons. The van der Waals surface area contributed by atoms with Crippen molar-refractivity contribution in [2.24, 2.45) is 0 Å². The van der Waals surface area contributed by atoms with E-state index in [1.54, 1.807) is 24.3 Å². The summed E-state index contributed by atoms with van der Waals surface area (Å²) < 4.78 is 0. The summed E-state index contributed by atoms with van der Waals surface area (Å²) in [6.07, 6.45) is 0.150. The fraction of sp³-hybridized carbons (Fsp3) is 0.0556. The second-order valence-electron chi connectivity index (χ2n) is 5.26. The maximum atomic E-state index is 12.3. The minimum absolute atomic E-state index is 0.150. The quantitative estimate of drug-likeness (QED) is 0.639. The van der Waals surface area contributed by atoms with Crippen LogP contribution in [0.4, 0.5) is 0 Å². The van der Waals surface area contributed by atoms with Crippen LogP contribution in [0.1, 0.15) is 15.9 Å². The Morgan fingerprint density at radius 1 is 0.917 bits per heavy atom. The van der Waals surface area contributed by atoms with E-state index in [0.717, 1.165) is 5.56 Å². The Labute approximate surface area is 137 Å². The molecule has 6 heteroatoms. The van der Waals surface area contributed by atoms with E-state index in [1.165, 1.54) is 6.07 Å². The summed E-state index contributed by atoms with van der Waals surface area (Å²) in [6, 6.07) is 17.4. The standard InChI is InChI=1S/C18H15N3O3/c22-16-11-14(13-8-4-5-9-15(13)19-16)18(24)21-20-17(23)10-12-6-2-1-3-7-12/h1-9,11H,10H2,(H,19,22)(H,20,23)(H,21,24). The zero-order chi connectivity index (χ0) is 16.9. The first-order valence-corrected chi connectivity index (χ1v) is 7.38. The lowest BCUT2D eigenvalue weighted by atomic mass is 10.1. The second kappa shape index (κ2) is 6.78. The number of aromatic amines is 1. The Morgan fingerprint density at radius 3 is 2.42 bits per heavy atom. The fourth-order valence-corrected chi connectivity index (χ4v) is 2.41. The van der Waals surface area contributed by atoms with Gasteiger partial charge in [0.05, 0.1) is 12.0 Å². The third-order valence-corrected chi connectivity index (χ3v) is 3.52. The Morgan fingerprint density at radius 2 is 1.62 bits per heavy atom. The molecule has 0 saturated heterocycles. The van der Waals surface area contributed by atoms with Crippen molar-refractivity contribution in [2.45, 2.75) is 6.42 Å². The van der Waals surface area contributed by atoms with Crippen molar-refractivity contribution >= 4 is 22.7 Å². The fourth-order valence-electron chi connectivity index (χ4n) is 2.41. The van der Waals surface area contributed by atoms with Crippen LogP contribution >= 0.6 is 0 Å². The molecule has 0 atom stereocenters. The molecule has 24 heavy (non-hydrogen) atoms. The average Bonchev–Trinajstić information content (AvgIpc) is 2.59.